The number of benzene rings is 1. The molecule has 31 heavy (non-hydrogen) atoms. The monoisotopic (exact) mass is 454 g/mol. The molecular formula is C22H26N6OS2. The van der Waals surface area contributed by atoms with Gasteiger partial charge in [-0.15, -0.1) is 5.10 Å². The number of nitrogens with one attached hydrogen (secondary N) is 2. The summed E-state index contributed by atoms with van der Waals surface area (Å²) in [4.78, 5) is 19.4. The van der Waals surface area contributed by atoms with E-state index in [9.17, 15) is 4.79 Å². The van der Waals surface area contributed by atoms with E-state index in [4.69, 9.17) is 12.2 Å². The number of aromatic nitrogens is 3. The fourth-order valence-corrected chi connectivity index (χ4v) is 4.73. The van der Waals surface area contributed by atoms with Gasteiger partial charge in [0.1, 0.15) is 5.82 Å². The predicted octanol–water partition coefficient (Wildman–Crippen LogP) is 4.74. The van der Waals surface area contributed by atoms with Crippen molar-refractivity contribution in [3.8, 4) is 0 Å². The van der Waals surface area contributed by atoms with E-state index >= 15 is 0 Å². The summed E-state index contributed by atoms with van der Waals surface area (Å²) in [5, 5.41) is 11.7. The standard InChI is InChI=1S/C22H26N6OS2/c1-15-6-3-9-18(12-15)24-21-26-28(22(30)31-21)14-27-11-5-8-17(13-27)20(29)25-19-10-4-7-16(2)23-19/h3-4,6-7,9-10,12,17H,5,8,11,13-14H2,1-2H3,(H,24,26)(H,23,25,29). The SMILES string of the molecule is Cc1cccc(Nc2nn(CN3CCCC(C(=O)Nc4cccc(C)n4)C3)c(=S)s2)c1. The summed E-state index contributed by atoms with van der Waals surface area (Å²) in [7, 11) is 0. The van der Waals surface area contributed by atoms with Crippen molar-refractivity contribution in [3.05, 3.63) is 57.7 Å². The number of likely N-dealkylation sites (tertiary alicyclic amines) is 1. The van der Waals surface area contributed by atoms with Crippen LogP contribution in [-0.2, 0) is 11.5 Å². The zero-order valence-electron chi connectivity index (χ0n) is 17.7. The molecule has 1 aromatic carbocycles. The molecule has 1 aliphatic heterocycles. The molecular weight excluding hydrogens is 428 g/mol. The average molecular weight is 455 g/mol. The second-order valence-electron chi connectivity index (χ2n) is 7.88. The molecule has 1 atom stereocenters. The third-order valence-electron chi connectivity index (χ3n) is 5.23. The number of nitrogens with zero attached hydrogens (tertiary/aromatic N) is 4. The largest absolute Gasteiger partial charge is 0.330 e. The van der Waals surface area contributed by atoms with Gasteiger partial charge in [0, 0.05) is 17.9 Å². The lowest BCUT2D eigenvalue weighted by atomic mass is 9.97. The van der Waals surface area contributed by atoms with E-state index in [0.29, 0.717) is 23.0 Å². The van der Waals surface area contributed by atoms with Crippen molar-refractivity contribution >= 4 is 46.1 Å². The lowest BCUT2D eigenvalue weighted by Gasteiger charge is -2.31. The first-order valence-electron chi connectivity index (χ1n) is 10.3. The number of amides is 1. The highest BCUT2D eigenvalue weighted by atomic mass is 32.1. The van der Waals surface area contributed by atoms with Gasteiger partial charge in [-0.05, 0) is 75.3 Å². The van der Waals surface area contributed by atoms with E-state index in [1.165, 1.54) is 16.9 Å². The van der Waals surface area contributed by atoms with Crippen LogP contribution in [-0.4, -0.2) is 38.7 Å². The second kappa shape index (κ2) is 9.67. The highest BCUT2D eigenvalue weighted by Crippen LogP contribution is 2.23. The molecule has 162 valence electrons. The number of pyridine rings is 1. The molecule has 7 nitrogen and oxygen atoms in total. The number of piperidine rings is 1. The van der Waals surface area contributed by atoms with Crippen LogP contribution in [0, 0.1) is 23.7 Å². The summed E-state index contributed by atoms with van der Waals surface area (Å²) >= 11 is 6.98. The molecule has 1 saturated heterocycles. The minimum atomic E-state index is -0.0752. The quantitative estimate of drug-likeness (QED) is 0.524. The van der Waals surface area contributed by atoms with Gasteiger partial charge in [-0.1, -0.05) is 29.5 Å². The van der Waals surface area contributed by atoms with Gasteiger partial charge in [-0.3, -0.25) is 9.69 Å². The molecule has 0 bridgehead atoms. The Balaban J connectivity index is 1.37. The first-order valence-corrected chi connectivity index (χ1v) is 11.6. The van der Waals surface area contributed by atoms with Crippen LogP contribution in [0.3, 0.4) is 0 Å². The number of anilines is 3. The normalized spacial score (nSPS) is 16.8. The average Bonchev–Trinajstić information content (AvgIpc) is 3.07. The smallest absolute Gasteiger partial charge is 0.229 e. The summed E-state index contributed by atoms with van der Waals surface area (Å²) in [5.41, 5.74) is 3.07. The minimum Gasteiger partial charge on any atom is -0.330 e. The zero-order chi connectivity index (χ0) is 21.8. The Morgan fingerprint density at radius 2 is 2.10 bits per heavy atom. The van der Waals surface area contributed by atoms with E-state index in [1.54, 1.807) is 0 Å². The molecule has 4 rings (SSSR count). The Morgan fingerprint density at radius 3 is 2.90 bits per heavy atom. The van der Waals surface area contributed by atoms with Crippen molar-refractivity contribution < 1.29 is 4.79 Å². The fraction of sp³-hybridized carbons (Fsp3) is 0.364. The molecule has 1 aliphatic rings. The summed E-state index contributed by atoms with van der Waals surface area (Å²) in [6, 6.07) is 13.8. The van der Waals surface area contributed by atoms with Crippen molar-refractivity contribution in [2.75, 3.05) is 23.7 Å². The van der Waals surface area contributed by atoms with E-state index in [2.05, 4.69) is 44.7 Å². The minimum absolute atomic E-state index is 0.0199. The Hall–Kier alpha value is -2.62. The predicted molar refractivity (Wildman–Crippen MR) is 127 cm³/mol. The van der Waals surface area contributed by atoms with Crippen LogP contribution in [0.1, 0.15) is 24.1 Å². The molecule has 0 saturated carbocycles. The first kappa shape index (κ1) is 21.6. The number of carbonyl (C=O) groups is 1. The maximum absolute atomic E-state index is 12.7. The number of carbonyl (C=O) groups excluding carboxylic acids is 1. The van der Waals surface area contributed by atoms with Crippen LogP contribution in [0.25, 0.3) is 0 Å². The zero-order valence-corrected chi connectivity index (χ0v) is 19.3. The Morgan fingerprint density at radius 1 is 1.26 bits per heavy atom. The Bertz CT molecular complexity index is 1120. The molecule has 1 amide bonds. The molecule has 3 aromatic rings. The lowest BCUT2D eigenvalue weighted by Crippen LogP contribution is -2.41. The maximum Gasteiger partial charge on any atom is 0.229 e. The summed E-state index contributed by atoms with van der Waals surface area (Å²) in [6.07, 6.45) is 1.84. The molecule has 3 heterocycles. The molecule has 2 aromatic heterocycles. The van der Waals surface area contributed by atoms with Crippen LogP contribution in [0.4, 0.5) is 16.6 Å². The second-order valence-corrected chi connectivity index (χ2v) is 9.50. The van der Waals surface area contributed by atoms with Gasteiger partial charge in [-0.2, -0.15) is 0 Å². The summed E-state index contributed by atoms with van der Waals surface area (Å²) < 4.78 is 2.55. The molecule has 0 aliphatic carbocycles. The van der Waals surface area contributed by atoms with E-state index in [0.717, 1.165) is 35.9 Å². The summed E-state index contributed by atoms with van der Waals surface area (Å²) in [6.45, 7) is 6.16. The Kier molecular flexibility index (Phi) is 6.74. The van der Waals surface area contributed by atoms with E-state index in [-0.39, 0.29) is 11.8 Å². The number of aryl methyl sites for hydroxylation is 2. The third kappa shape index (κ3) is 5.75. The number of hydrogen-bond donors (Lipinski definition) is 2. The van der Waals surface area contributed by atoms with Crippen molar-refractivity contribution in [2.24, 2.45) is 5.92 Å². The number of hydrogen-bond acceptors (Lipinski definition) is 7. The van der Waals surface area contributed by atoms with Crippen molar-refractivity contribution in [1.29, 1.82) is 0 Å². The van der Waals surface area contributed by atoms with Gasteiger partial charge in [0.25, 0.3) is 0 Å². The fourth-order valence-electron chi connectivity index (χ4n) is 3.72. The molecule has 2 N–H and O–H groups in total. The van der Waals surface area contributed by atoms with Crippen LogP contribution in [0.5, 0.6) is 0 Å². The highest BCUT2D eigenvalue weighted by molar-refractivity contribution is 7.73. The van der Waals surface area contributed by atoms with Crippen molar-refractivity contribution in [1.82, 2.24) is 19.7 Å². The van der Waals surface area contributed by atoms with Gasteiger partial charge in [0.05, 0.1) is 12.6 Å². The molecule has 9 heteroatoms. The van der Waals surface area contributed by atoms with E-state index < -0.39 is 0 Å². The van der Waals surface area contributed by atoms with Crippen LogP contribution in [0.2, 0.25) is 0 Å². The first-order chi connectivity index (χ1) is 15.0. The molecule has 0 spiro atoms. The lowest BCUT2D eigenvalue weighted by molar-refractivity contribution is -0.121. The summed E-state index contributed by atoms with van der Waals surface area (Å²) in [5.74, 6) is 0.552. The third-order valence-corrected chi connectivity index (χ3v) is 6.45. The van der Waals surface area contributed by atoms with Gasteiger partial charge >= 0.3 is 0 Å². The topological polar surface area (TPSA) is 75.1 Å². The van der Waals surface area contributed by atoms with E-state index in [1.807, 2.05) is 41.9 Å². The Labute approximate surface area is 191 Å². The molecule has 0 radical (unpaired) electrons. The van der Waals surface area contributed by atoms with Crippen molar-refractivity contribution in [2.45, 2.75) is 33.4 Å². The van der Waals surface area contributed by atoms with Crippen LogP contribution in [0.15, 0.2) is 42.5 Å². The van der Waals surface area contributed by atoms with Gasteiger partial charge < -0.3 is 10.6 Å². The van der Waals surface area contributed by atoms with Crippen LogP contribution < -0.4 is 10.6 Å². The number of rotatable bonds is 6. The molecule has 1 unspecified atom stereocenters. The van der Waals surface area contributed by atoms with Crippen LogP contribution >= 0.6 is 23.6 Å². The highest BCUT2D eigenvalue weighted by Gasteiger charge is 2.26. The maximum atomic E-state index is 12.7. The molecule has 1 fully saturated rings. The van der Waals surface area contributed by atoms with Gasteiger partial charge in [0.2, 0.25) is 11.0 Å². The van der Waals surface area contributed by atoms with Gasteiger partial charge in [-0.25, -0.2) is 9.67 Å². The van der Waals surface area contributed by atoms with Gasteiger partial charge in [0.15, 0.2) is 3.95 Å². The van der Waals surface area contributed by atoms with Crippen molar-refractivity contribution in [3.63, 3.8) is 0 Å².